The van der Waals surface area contributed by atoms with E-state index in [1.54, 1.807) is 0 Å². The first-order valence-electron chi connectivity index (χ1n) is 4.61. The highest BCUT2D eigenvalue weighted by molar-refractivity contribution is 5.13. The maximum Gasteiger partial charge on any atom is 0.0287 e. The lowest BCUT2D eigenvalue weighted by Gasteiger charge is -2.12. The Labute approximate surface area is 79.7 Å². The summed E-state index contributed by atoms with van der Waals surface area (Å²) in [6.45, 7) is 6.87. The summed E-state index contributed by atoms with van der Waals surface area (Å²) in [5, 5.41) is 3.34. The van der Waals surface area contributed by atoms with Crippen LogP contribution in [-0.4, -0.2) is 17.6 Å². The molecule has 0 aromatic carbocycles. The van der Waals surface area contributed by atoms with Gasteiger partial charge in [-0.2, -0.15) is 0 Å². The molecule has 1 rings (SSSR count). The van der Waals surface area contributed by atoms with Gasteiger partial charge < -0.3 is 5.32 Å². The first-order chi connectivity index (χ1) is 6.36. The molecule has 0 spiro atoms. The minimum absolute atomic E-state index is 0.368. The van der Waals surface area contributed by atoms with Crippen molar-refractivity contribution in [1.82, 2.24) is 10.3 Å². The van der Waals surface area contributed by atoms with E-state index in [2.05, 4.69) is 23.8 Å². The van der Waals surface area contributed by atoms with Crippen molar-refractivity contribution >= 4 is 0 Å². The molecule has 1 aromatic rings. The summed E-state index contributed by atoms with van der Waals surface area (Å²) in [5.41, 5.74) is 1.29. The maximum atomic E-state index is 3.98. The van der Waals surface area contributed by atoms with E-state index in [1.165, 1.54) is 5.56 Å². The molecule has 0 radical (unpaired) electrons. The number of pyridine rings is 1. The fourth-order valence-electron chi connectivity index (χ4n) is 1.27. The molecule has 13 heavy (non-hydrogen) atoms. The zero-order chi connectivity index (χ0) is 9.52. The fourth-order valence-corrected chi connectivity index (χ4v) is 1.27. The summed E-state index contributed by atoms with van der Waals surface area (Å²) in [5.74, 6) is 0. The molecular formula is C11H16N2. The van der Waals surface area contributed by atoms with Gasteiger partial charge in [-0.1, -0.05) is 13.0 Å². The van der Waals surface area contributed by atoms with Crippen LogP contribution < -0.4 is 5.32 Å². The number of hydrogen-bond acceptors (Lipinski definition) is 2. The number of rotatable bonds is 5. The van der Waals surface area contributed by atoms with Gasteiger partial charge in [-0.05, 0) is 30.7 Å². The summed E-state index contributed by atoms with van der Waals surface area (Å²) < 4.78 is 0. The van der Waals surface area contributed by atoms with Gasteiger partial charge in [-0.3, -0.25) is 4.98 Å². The Hall–Kier alpha value is -1.15. The number of likely N-dealkylation sites (N-methyl/N-ethyl adjacent to an activating group) is 1. The van der Waals surface area contributed by atoms with E-state index < -0.39 is 0 Å². The molecule has 0 fully saturated rings. The van der Waals surface area contributed by atoms with Crippen molar-refractivity contribution < 1.29 is 0 Å². The molecule has 1 N–H and O–H groups in total. The molecule has 2 nitrogen and oxygen atoms in total. The third kappa shape index (κ3) is 3.38. The Morgan fingerprint density at radius 3 is 2.77 bits per heavy atom. The molecular weight excluding hydrogens is 160 g/mol. The highest BCUT2D eigenvalue weighted by Crippen LogP contribution is 2.01. The second-order valence-corrected chi connectivity index (χ2v) is 2.96. The molecule has 1 aromatic heterocycles. The molecule has 0 aliphatic rings. The summed E-state index contributed by atoms with van der Waals surface area (Å²) in [4.78, 5) is 3.98. The van der Waals surface area contributed by atoms with E-state index in [9.17, 15) is 0 Å². The quantitative estimate of drug-likeness (QED) is 0.692. The summed E-state index contributed by atoms with van der Waals surface area (Å²) in [6, 6.07) is 4.44. The SMILES string of the molecule is C=CC(Cc1ccncc1)NCC. The van der Waals surface area contributed by atoms with Gasteiger partial charge in [0.1, 0.15) is 0 Å². The second kappa shape index (κ2) is 5.49. The number of hydrogen-bond donors (Lipinski definition) is 1. The van der Waals surface area contributed by atoms with Gasteiger partial charge in [0.25, 0.3) is 0 Å². The van der Waals surface area contributed by atoms with Gasteiger partial charge in [-0.25, -0.2) is 0 Å². The van der Waals surface area contributed by atoms with Crippen LogP contribution >= 0.6 is 0 Å². The highest BCUT2D eigenvalue weighted by atomic mass is 14.9. The van der Waals surface area contributed by atoms with Crippen LogP contribution in [0, 0.1) is 0 Å². The average Bonchev–Trinajstić information content (AvgIpc) is 2.19. The largest absolute Gasteiger partial charge is 0.310 e. The van der Waals surface area contributed by atoms with Gasteiger partial charge in [0.15, 0.2) is 0 Å². The van der Waals surface area contributed by atoms with Crippen LogP contribution in [0.15, 0.2) is 37.2 Å². The minimum Gasteiger partial charge on any atom is -0.310 e. The summed E-state index contributed by atoms with van der Waals surface area (Å²) >= 11 is 0. The minimum atomic E-state index is 0.368. The number of aromatic nitrogens is 1. The Bertz CT molecular complexity index is 244. The molecule has 0 saturated carbocycles. The molecule has 0 bridgehead atoms. The standard InChI is InChI=1S/C11H16N2/c1-3-11(13-4-2)9-10-5-7-12-8-6-10/h3,5-8,11,13H,1,4,9H2,2H3. The van der Waals surface area contributed by atoms with Crippen molar-refractivity contribution in [1.29, 1.82) is 0 Å². The van der Waals surface area contributed by atoms with Crippen LogP contribution in [0.5, 0.6) is 0 Å². The van der Waals surface area contributed by atoms with Crippen molar-refractivity contribution in [2.75, 3.05) is 6.54 Å². The average molecular weight is 176 g/mol. The summed E-state index contributed by atoms with van der Waals surface area (Å²) in [6.07, 6.45) is 6.58. The highest BCUT2D eigenvalue weighted by Gasteiger charge is 2.02. The lowest BCUT2D eigenvalue weighted by atomic mass is 10.1. The van der Waals surface area contributed by atoms with Crippen molar-refractivity contribution in [3.8, 4) is 0 Å². The van der Waals surface area contributed by atoms with Crippen molar-refractivity contribution in [2.45, 2.75) is 19.4 Å². The van der Waals surface area contributed by atoms with Gasteiger partial charge in [-0.15, -0.1) is 6.58 Å². The molecule has 0 amide bonds. The van der Waals surface area contributed by atoms with Crippen LogP contribution in [-0.2, 0) is 6.42 Å². The van der Waals surface area contributed by atoms with Gasteiger partial charge in [0.05, 0.1) is 0 Å². The molecule has 1 unspecified atom stereocenters. The van der Waals surface area contributed by atoms with Crippen molar-refractivity contribution in [2.24, 2.45) is 0 Å². The smallest absolute Gasteiger partial charge is 0.0287 e. The third-order valence-electron chi connectivity index (χ3n) is 1.96. The van der Waals surface area contributed by atoms with E-state index in [0.717, 1.165) is 13.0 Å². The molecule has 1 atom stereocenters. The summed E-state index contributed by atoms with van der Waals surface area (Å²) in [7, 11) is 0. The van der Waals surface area contributed by atoms with E-state index in [4.69, 9.17) is 0 Å². The van der Waals surface area contributed by atoms with Gasteiger partial charge in [0, 0.05) is 18.4 Å². The predicted molar refractivity (Wildman–Crippen MR) is 55.6 cm³/mol. The normalized spacial score (nSPS) is 12.4. The lowest BCUT2D eigenvalue weighted by molar-refractivity contribution is 0.613. The van der Waals surface area contributed by atoms with Gasteiger partial charge >= 0.3 is 0 Å². The topological polar surface area (TPSA) is 24.9 Å². The fraction of sp³-hybridized carbons (Fsp3) is 0.364. The Kier molecular flexibility index (Phi) is 4.19. The zero-order valence-electron chi connectivity index (χ0n) is 8.03. The Morgan fingerprint density at radius 2 is 2.23 bits per heavy atom. The van der Waals surface area contributed by atoms with E-state index in [-0.39, 0.29) is 0 Å². The van der Waals surface area contributed by atoms with Crippen molar-refractivity contribution in [3.63, 3.8) is 0 Å². The van der Waals surface area contributed by atoms with Gasteiger partial charge in [0.2, 0.25) is 0 Å². The molecule has 70 valence electrons. The third-order valence-corrected chi connectivity index (χ3v) is 1.96. The number of nitrogens with one attached hydrogen (secondary N) is 1. The number of nitrogens with zero attached hydrogens (tertiary/aromatic N) is 1. The van der Waals surface area contributed by atoms with E-state index in [0.29, 0.717) is 6.04 Å². The maximum absolute atomic E-state index is 3.98. The first-order valence-corrected chi connectivity index (χ1v) is 4.61. The zero-order valence-corrected chi connectivity index (χ0v) is 8.03. The van der Waals surface area contributed by atoms with E-state index in [1.807, 2.05) is 30.6 Å². The molecule has 1 heterocycles. The van der Waals surface area contributed by atoms with Crippen molar-refractivity contribution in [3.05, 3.63) is 42.7 Å². The lowest BCUT2D eigenvalue weighted by Crippen LogP contribution is -2.28. The monoisotopic (exact) mass is 176 g/mol. The molecule has 2 heteroatoms. The van der Waals surface area contributed by atoms with Crippen LogP contribution in [0.4, 0.5) is 0 Å². The molecule has 0 saturated heterocycles. The van der Waals surface area contributed by atoms with E-state index >= 15 is 0 Å². The van der Waals surface area contributed by atoms with Crippen LogP contribution in [0.1, 0.15) is 12.5 Å². The van der Waals surface area contributed by atoms with Crippen LogP contribution in [0.2, 0.25) is 0 Å². The predicted octanol–water partition coefficient (Wildman–Crippen LogP) is 1.79. The second-order valence-electron chi connectivity index (χ2n) is 2.96. The molecule has 0 aliphatic heterocycles. The van der Waals surface area contributed by atoms with Crippen LogP contribution in [0.25, 0.3) is 0 Å². The Morgan fingerprint density at radius 1 is 1.54 bits per heavy atom. The first kappa shape index (κ1) is 9.93. The Balaban J connectivity index is 2.51. The molecule has 0 aliphatic carbocycles. The van der Waals surface area contributed by atoms with Crippen LogP contribution in [0.3, 0.4) is 0 Å².